The highest BCUT2D eigenvalue weighted by Gasteiger charge is 2.23. The average molecular weight is 353 g/mol. The summed E-state index contributed by atoms with van der Waals surface area (Å²) in [6, 6.07) is 9.25. The minimum Gasteiger partial charge on any atom is -0.476 e. The number of benzene rings is 1. The summed E-state index contributed by atoms with van der Waals surface area (Å²) in [6.45, 7) is 1.44. The Kier molecular flexibility index (Phi) is 4.37. The van der Waals surface area contributed by atoms with Crippen LogP contribution in [0.25, 0.3) is 10.9 Å². The Morgan fingerprint density at radius 2 is 2.00 bits per heavy atom. The molecule has 0 atom stereocenters. The van der Waals surface area contributed by atoms with Gasteiger partial charge < -0.3 is 14.4 Å². The molecule has 0 bridgehead atoms. The number of fused-ring (bicyclic) bond motifs is 1. The fourth-order valence-electron chi connectivity index (χ4n) is 2.65. The molecular weight excluding hydrogens is 341 g/mol. The molecule has 1 aromatic carbocycles. The first-order valence-corrected chi connectivity index (χ1v) is 7.49. The van der Waals surface area contributed by atoms with E-state index in [1.165, 1.54) is 12.1 Å². The zero-order valence-corrected chi connectivity index (χ0v) is 13.6. The molecule has 0 amide bonds. The maximum atomic E-state index is 13.1. The average Bonchev–Trinajstić information content (AvgIpc) is 3.00. The molecule has 0 saturated heterocycles. The first kappa shape index (κ1) is 17.1. The summed E-state index contributed by atoms with van der Waals surface area (Å²) in [5.41, 5.74) is 0.478. The number of carboxylic acids is 1. The molecular formula is C18H12FN3O4. The predicted octanol–water partition coefficient (Wildman–Crippen LogP) is 2.72. The highest BCUT2D eigenvalue weighted by Crippen LogP contribution is 2.32. The number of nitrogens with zero attached hydrogens (tertiary/aromatic N) is 3. The summed E-state index contributed by atoms with van der Waals surface area (Å²) in [4.78, 5) is 26.6. The quantitative estimate of drug-likeness (QED) is 0.723. The van der Waals surface area contributed by atoms with Crippen molar-refractivity contribution in [1.82, 2.24) is 9.55 Å². The fourth-order valence-corrected chi connectivity index (χ4v) is 2.65. The first-order valence-electron chi connectivity index (χ1n) is 7.49. The molecule has 0 saturated carbocycles. The molecule has 26 heavy (non-hydrogen) atoms. The number of carboxylic acid groups (broad SMARTS) is 1. The molecule has 3 rings (SSSR count). The lowest BCUT2D eigenvalue weighted by molar-refractivity contribution is -0.131. The molecule has 1 N–H and O–H groups in total. The van der Waals surface area contributed by atoms with Crippen LogP contribution < -0.4 is 4.74 Å². The van der Waals surface area contributed by atoms with Crippen LogP contribution in [0, 0.1) is 17.1 Å². The minimum absolute atomic E-state index is 0.111. The smallest absolute Gasteiger partial charge is 0.358 e. The summed E-state index contributed by atoms with van der Waals surface area (Å²) in [5.74, 6) is -2.69. The van der Waals surface area contributed by atoms with Gasteiger partial charge in [0, 0.05) is 25.1 Å². The van der Waals surface area contributed by atoms with E-state index in [4.69, 9.17) is 4.74 Å². The second-order valence-corrected chi connectivity index (χ2v) is 5.48. The third kappa shape index (κ3) is 3.10. The highest BCUT2D eigenvalue weighted by atomic mass is 19.1. The molecule has 8 heteroatoms. The van der Waals surface area contributed by atoms with E-state index in [9.17, 15) is 24.3 Å². The van der Waals surface area contributed by atoms with E-state index >= 15 is 0 Å². The minimum atomic E-state index is -1.41. The van der Waals surface area contributed by atoms with E-state index in [1.807, 2.05) is 6.07 Å². The normalized spacial score (nSPS) is 10.5. The Hall–Kier alpha value is -3.73. The Bertz CT molecular complexity index is 1060. The molecule has 0 aliphatic carbocycles. The number of hydrogen-bond donors (Lipinski definition) is 1. The van der Waals surface area contributed by atoms with Crippen LogP contribution in [0.5, 0.6) is 5.75 Å². The van der Waals surface area contributed by atoms with Crippen molar-refractivity contribution in [3.63, 3.8) is 0 Å². The van der Waals surface area contributed by atoms with E-state index in [0.29, 0.717) is 12.1 Å². The van der Waals surface area contributed by atoms with Crippen LogP contribution in [0.3, 0.4) is 0 Å². The van der Waals surface area contributed by atoms with E-state index in [-0.39, 0.29) is 22.6 Å². The van der Waals surface area contributed by atoms with Gasteiger partial charge in [-0.15, -0.1) is 0 Å². The van der Waals surface area contributed by atoms with Crippen molar-refractivity contribution in [2.45, 2.75) is 13.5 Å². The monoisotopic (exact) mass is 353 g/mol. The second-order valence-electron chi connectivity index (χ2n) is 5.48. The van der Waals surface area contributed by atoms with Crippen molar-refractivity contribution in [3.8, 4) is 11.8 Å². The van der Waals surface area contributed by atoms with Gasteiger partial charge in [-0.05, 0) is 23.8 Å². The molecule has 130 valence electrons. The second kappa shape index (κ2) is 6.64. The summed E-state index contributed by atoms with van der Waals surface area (Å²) in [7, 11) is 0. The maximum Gasteiger partial charge on any atom is 0.358 e. The standard InChI is InChI=1S/C18H12FN3O4/c1-10(23)26-17-13-6-7-22(9-11-2-4-12(19)5-3-11)16(13)14(8-20)21-15(17)18(24)25/h2-7H,9H2,1H3,(H,24,25). The van der Waals surface area contributed by atoms with Crippen molar-refractivity contribution < 1.29 is 23.8 Å². The van der Waals surface area contributed by atoms with Crippen LogP contribution >= 0.6 is 0 Å². The Labute approximate surface area is 146 Å². The van der Waals surface area contributed by atoms with Crippen LogP contribution in [-0.4, -0.2) is 26.6 Å². The largest absolute Gasteiger partial charge is 0.476 e. The molecule has 0 fully saturated rings. The molecule has 0 spiro atoms. The van der Waals surface area contributed by atoms with Crippen LogP contribution in [-0.2, 0) is 11.3 Å². The van der Waals surface area contributed by atoms with E-state index in [0.717, 1.165) is 12.5 Å². The molecule has 0 aliphatic heterocycles. The number of ether oxygens (including phenoxy) is 1. The predicted molar refractivity (Wildman–Crippen MR) is 88.2 cm³/mol. The molecule has 7 nitrogen and oxygen atoms in total. The van der Waals surface area contributed by atoms with Gasteiger partial charge in [0.2, 0.25) is 0 Å². The zero-order chi connectivity index (χ0) is 18.8. The van der Waals surface area contributed by atoms with Crippen molar-refractivity contribution in [1.29, 1.82) is 5.26 Å². The number of nitriles is 1. The van der Waals surface area contributed by atoms with E-state index in [2.05, 4.69) is 4.98 Å². The lowest BCUT2D eigenvalue weighted by Gasteiger charge is -2.10. The Morgan fingerprint density at radius 1 is 1.31 bits per heavy atom. The molecule has 0 radical (unpaired) electrons. The fraction of sp³-hybridized carbons (Fsp3) is 0.111. The molecule has 3 aromatic rings. The van der Waals surface area contributed by atoms with Gasteiger partial charge in [0.15, 0.2) is 17.1 Å². The van der Waals surface area contributed by atoms with Gasteiger partial charge in [0.05, 0.1) is 5.52 Å². The van der Waals surface area contributed by atoms with Crippen molar-refractivity contribution in [3.05, 3.63) is 59.3 Å². The Balaban J connectivity index is 2.21. The summed E-state index contributed by atoms with van der Waals surface area (Å²) in [5, 5.41) is 19.0. The van der Waals surface area contributed by atoms with Gasteiger partial charge in [0.25, 0.3) is 0 Å². The van der Waals surface area contributed by atoms with Gasteiger partial charge in [-0.1, -0.05) is 12.1 Å². The molecule has 0 unspecified atom stereocenters. The lowest BCUT2D eigenvalue weighted by Crippen LogP contribution is -2.11. The topological polar surface area (TPSA) is 105 Å². The molecule has 2 heterocycles. The number of carbonyl (C=O) groups excluding carboxylic acids is 1. The van der Waals surface area contributed by atoms with Crippen molar-refractivity contribution >= 4 is 22.8 Å². The summed E-state index contributed by atoms with van der Waals surface area (Å²) < 4.78 is 19.8. The van der Waals surface area contributed by atoms with Crippen molar-refractivity contribution in [2.75, 3.05) is 0 Å². The number of aromatic carboxylic acids is 1. The van der Waals surface area contributed by atoms with E-state index in [1.54, 1.807) is 29.0 Å². The number of hydrogen-bond acceptors (Lipinski definition) is 5. The summed E-state index contributed by atoms with van der Waals surface area (Å²) in [6.07, 6.45) is 1.62. The SMILES string of the molecule is CC(=O)Oc1c(C(=O)O)nc(C#N)c2c1ccn2Cc1ccc(F)cc1. The maximum absolute atomic E-state index is 13.1. The van der Waals surface area contributed by atoms with Gasteiger partial charge in [-0.2, -0.15) is 5.26 Å². The van der Waals surface area contributed by atoms with Gasteiger partial charge >= 0.3 is 11.9 Å². The lowest BCUT2D eigenvalue weighted by atomic mass is 10.2. The number of aromatic nitrogens is 2. The first-order chi connectivity index (χ1) is 12.4. The third-order valence-corrected chi connectivity index (χ3v) is 3.69. The van der Waals surface area contributed by atoms with Crippen molar-refractivity contribution in [2.24, 2.45) is 0 Å². The van der Waals surface area contributed by atoms with Gasteiger partial charge in [0.1, 0.15) is 11.9 Å². The van der Waals surface area contributed by atoms with Crippen LogP contribution in [0.2, 0.25) is 0 Å². The summed E-state index contributed by atoms with van der Waals surface area (Å²) >= 11 is 0. The van der Waals surface area contributed by atoms with Gasteiger partial charge in [-0.25, -0.2) is 14.2 Å². The number of halogens is 1. The Morgan fingerprint density at radius 3 is 2.58 bits per heavy atom. The number of rotatable bonds is 4. The highest BCUT2D eigenvalue weighted by molar-refractivity contribution is 6.00. The van der Waals surface area contributed by atoms with Crippen LogP contribution in [0.1, 0.15) is 28.7 Å². The number of esters is 1. The van der Waals surface area contributed by atoms with E-state index < -0.39 is 17.6 Å². The number of pyridine rings is 1. The van der Waals surface area contributed by atoms with Gasteiger partial charge in [-0.3, -0.25) is 4.79 Å². The number of carbonyl (C=O) groups is 2. The zero-order valence-electron chi connectivity index (χ0n) is 13.6. The van der Waals surface area contributed by atoms with Crippen LogP contribution in [0.15, 0.2) is 36.5 Å². The van der Waals surface area contributed by atoms with Crippen LogP contribution in [0.4, 0.5) is 4.39 Å². The molecule has 2 aromatic heterocycles. The molecule has 0 aliphatic rings. The third-order valence-electron chi connectivity index (χ3n) is 3.69.